The number of anilines is 1. The zero-order chi connectivity index (χ0) is 17.8. The molecule has 0 radical (unpaired) electrons. The maximum absolute atomic E-state index is 13.3. The van der Waals surface area contributed by atoms with Gasteiger partial charge in [0.1, 0.15) is 17.6 Å². The molecular weight excluding hydrogens is 329 g/mol. The molecule has 2 aromatic rings. The van der Waals surface area contributed by atoms with Gasteiger partial charge in [-0.2, -0.15) is 5.26 Å². The Labute approximate surface area is 143 Å². The Morgan fingerprint density at radius 1 is 1.16 bits per heavy atom. The molecule has 1 N–H and O–H groups in total. The minimum Gasteiger partial charge on any atom is -0.367 e. The summed E-state index contributed by atoms with van der Waals surface area (Å²) in [5, 5.41) is 12.2. The molecule has 25 heavy (non-hydrogen) atoms. The SMILES string of the molecule is N#Cc1cccc(NC2CCN(Cc3cc(F)c(F)c(F)c3)CC2)n1. The summed E-state index contributed by atoms with van der Waals surface area (Å²) in [7, 11) is 0. The average molecular weight is 346 g/mol. The van der Waals surface area contributed by atoms with E-state index < -0.39 is 17.5 Å². The molecule has 0 amide bonds. The third kappa shape index (κ3) is 4.28. The third-order valence-electron chi connectivity index (χ3n) is 4.25. The molecule has 1 aliphatic rings. The van der Waals surface area contributed by atoms with Crippen molar-refractivity contribution in [2.24, 2.45) is 0 Å². The molecule has 7 heteroatoms. The number of benzene rings is 1. The Bertz CT molecular complexity index is 772. The van der Waals surface area contributed by atoms with Crippen LogP contribution < -0.4 is 5.32 Å². The molecule has 1 saturated heterocycles. The highest BCUT2D eigenvalue weighted by atomic mass is 19.2. The number of pyridine rings is 1. The van der Waals surface area contributed by atoms with E-state index in [4.69, 9.17) is 5.26 Å². The first-order valence-electron chi connectivity index (χ1n) is 8.04. The molecule has 3 rings (SSSR count). The van der Waals surface area contributed by atoms with E-state index in [0.717, 1.165) is 38.1 Å². The van der Waals surface area contributed by atoms with Crippen LogP contribution in [0.3, 0.4) is 0 Å². The molecule has 0 atom stereocenters. The van der Waals surface area contributed by atoms with Crippen molar-refractivity contribution in [3.63, 3.8) is 0 Å². The second-order valence-corrected chi connectivity index (χ2v) is 6.09. The fourth-order valence-electron chi connectivity index (χ4n) is 2.98. The van der Waals surface area contributed by atoms with Gasteiger partial charge in [-0.15, -0.1) is 0 Å². The number of nitrogens with zero attached hydrogens (tertiary/aromatic N) is 3. The zero-order valence-electron chi connectivity index (χ0n) is 13.5. The molecule has 4 nitrogen and oxygen atoms in total. The van der Waals surface area contributed by atoms with E-state index >= 15 is 0 Å². The van der Waals surface area contributed by atoms with Crippen LogP contribution in [0, 0.1) is 28.8 Å². The minimum atomic E-state index is -1.43. The monoisotopic (exact) mass is 346 g/mol. The molecule has 1 aromatic carbocycles. The first kappa shape index (κ1) is 17.2. The van der Waals surface area contributed by atoms with Crippen molar-refractivity contribution in [1.29, 1.82) is 5.26 Å². The van der Waals surface area contributed by atoms with E-state index in [1.807, 2.05) is 12.1 Å². The van der Waals surface area contributed by atoms with Gasteiger partial charge in [-0.05, 0) is 42.7 Å². The van der Waals surface area contributed by atoms with Gasteiger partial charge in [0.2, 0.25) is 0 Å². The highest BCUT2D eigenvalue weighted by molar-refractivity contribution is 5.39. The van der Waals surface area contributed by atoms with Gasteiger partial charge in [-0.3, -0.25) is 4.90 Å². The molecule has 0 aliphatic carbocycles. The van der Waals surface area contributed by atoms with Crippen molar-refractivity contribution in [3.8, 4) is 6.07 Å². The van der Waals surface area contributed by atoms with Crippen LogP contribution in [0.15, 0.2) is 30.3 Å². The highest BCUT2D eigenvalue weighted by Gasteiger charge is 2.20. The number of nitriles is 1. The van der Waals surface area contributed by atoms with Crippen LogP contribution in [0.4, 0.5) is 19.0 Å². The first-order chi connectivity index (χ1) is 12.0. The second-order valence-electron chi connectivity index (χ2n) is 6.09. The lowest BCUT2D eigenvalue weighted by Gasteiger charge is -2.32. The van der Waals surface area contributed by atoms with E-state index in [2.05, 4.69) is 15.2 Å². The first-order valence-corrected chi connectivity index (χ1v) is 8.04. The van der Waals surface area contributed by atoms with Gasteiger partial charge >= 0.3 is 0 Å². The molecular formula is C18H17F3N4. The molecule has 130 valence electrons. The number of halogens is 3. The Hall–Kier alpha value is -2.59. The van der Waals surface area contributed by atoms with Crippen molar-refractivity contribution in [2.75, 3.05) is 18.4 Å². The summed E-state index contributed by atoms with van der Waals surface area (Å²) in [5.41, 5.74) is 0.786. The van der Waals surface area contributed by atoms with Gasteiger partial charge in [0.05, 0.1) is 0 Å². The number of nitrogens with one attached hydrogen (secondary N) is 1. The summed E-state index contributed by atoms with van der Waals surface area (Å²) in [4.78, 5) is 6.27. The number of rotatable bonds is 4. The number of hydrogen-bond acceptors (Lipinski definition) is 4. The Balaban J connectivity index is 1.54. The largest absolute Gasteiger partial charge is 0.367 e. The van der Waals surface area contributed by atoms with Crippen LogP contribution in [-0.4, -0.2) is 29.0 Å². The van der Waals surface area contributed by atoms with E-state index in [9.17, 15) is 13.2 Å². The normalized spacial score (nSPS) is 15.8. The lowest BCUT2D eigenvalue weighted by molar-refractivity contribution is 0.210. The van der Waals surface area contributed by atoms with Crippen molar-refractivity contribution in [1.82, 2.24) is 9.88 Å². The molecule has 2 heterocycles. The van der Waals surface area contributed by atoms with Crippen LogP contribution in [0.5, 0.6) is 0 Å². The molecule has 1 aliphatic heterocycles. The fraction of sp³-hybridized carbons (Fsp3) is 0.333. The summed E-state index contributed by atoms with van der Waals surface area (Å²) in [6, 6.07) is 9.55. The second kappa shape index (κ2) is 7.53. The van der Waals surface area contributed by atoms with Crippen LogP contribution in [0.25, 0.3) is 0 Å². The number of likely N-dealkylation sites (tertiary alicyclic amines) is 1. The maximum Gasteiger partial charge on any atom is 0.194 e. The molecule has 0 bridgehead atoms. The Morgan fingerprint density at radius 3 is 2.48 bits per heavy atom. The van der Waals surface area contributed by atoms with E-state index in [1.54, 1.807) is 12.1 Å². The predicted octanol–water partition coefficient (Wildman–Crippen LogP) is 3.45. The Morgan fingerprint density at radius 2 is 1.84 bits per heavy atom. The predicted molar refractivity (Wildman–Crippen MR) is 87.2 cm³/mol. The zero-order valence-corrected chi connectivity index (χ0v) is 13.5. The quantitative estimate of drug-likeness (QED) is 0.862. The van der Waals surface area contributed by atoms with Gasteiger partial charge in [0.15, 0.2) is 17.5 Å². The summed E-state index contributed by atoms with van der Waals surface area (Å²) >= 11 is 0. The number of piperidine rings is 1. The topological polar surface area (TPSA) is 52.0 Å². The van der Waals surface area contributed by atoms with Crippen LogP contribution >= 0.6 is 0 Å². The van der Waals surface area contributed by atoms with Gasteiger partial charge < -0.3 is 5.32 Å². The average Bonchev–Trinajstić information content (AvgIpc) is 2.61. The highest BCUT2D eigenvalue weighted by Crippen LogP contribution is 2.19. The summed E-state index contributed by atoms with van der Waals surface area (Å²) in [5.74, 6) is -3.08. The van der Waals surface area contributed by atoms with Gasteiger partial charge in [0.25, 0.3) is 0 Å². The van der Waals surface area contributed by atoms with E-state index in [1.165, 1.54) is 0 Å². The molecule has 0 spiro atoms. The standard InChI is InChI=1S/C18H17F3N4/c19-15-8-12(9-16(20)18(15)21)11-25-6-4-13(5-7-25)23-17-3-1-2-14(10-22)24-17/h1-3,8-9,13H,4-7,11H2,(H,23,24). The van der Waals surface area contributed by atoms with E-state index in [-0.39, 0.29) is 6.04 Å². The summed E-state index contributed by atoms with van der Waals surface area (Å²) < 4.78 is 39.6. The third-order valence-corrected chi connectivity index (χ3v) is 4.25. The van der Waals surface area contributed by atoms with Crippen molar-refractivity contribution in [2.45, 2.75) is 25.4 Å². The van der Waals surface area contributed by atoms with Crippen LogP contribution in [0.2, 0.25) is 0 Å². The summed E-state index contributed by atoms with van der Waals surface area (Å²) in [6.07, 6.45) is 1.68. The fourth-order valence-corrected chi connectivity index (χ4v) is 2.98. The van der Waals surface area contributed by atoms with E-state index in [0.29, 0.717) is 23.6 Å². The maximum atomic E-state index is 13.3. The van der Waals surface area contributed by atoms with Crippen LogP contribution in [-0.2, 0) is 6.54 Å². The molecule has 1 aromatic heterocycles. The van der Waals surface area contributed by atoms with Crippen LogP contribution in [0.1, 0.15) is 24.1 Å². The lowest BCUT2D eigenvalue weighted by atomic mass is 10.0. The Kier molecular flexibility index (Phi) is 5.19. The van der Waals surface area contributed by atoms with Crippen molar-refractivity contribution >= 4 is 5.82 Å². The number of hydrogen-bond donors (Lipinski definition) is 1. The summed E-state index contributed by atoms with van der Waals surface area (Å²) in [6.45, 7) is 1.87. The van der Waals surface area contributed by atoms with Gasteiger partial charge in [-0.1, -0.05) is 6.07 Å². The molecule has 0 unspecified atom stereocenters. The smallest absolute Gasteiger partial charge is 0.194 e. The van der Waals surface area contributed by atoms with Gasteiger partial charge in [0, 0.05) is 25.7 Å². The van der Waals surface area contributed by atoms with Crippen molar-refractivity contribution < 1.29 is 13.2 Å². The van der Waals surface area contributed by atoms with Gasteiger partial charge in [-0.25, -0.2) is 18.2 Å². The minimum absolute atomic E-state index is 0.222. The molecule has 1 fully saturated rings. The molecule has 0 saturated carbocycles. The number of aromatic nitrogens is 1. The van der Waals surface area contributed by atoms with Crippen molar-refractivity contribution in [3.05, 3.63) is 59.0 Å². The lowest BCUT2D eigenvalue weighted by Crippen LogP contribution is -2.38.